The van der Waals surface area contributed by atoms with E-state index in [0.717, 1.165) is 17.5 Å². The molecular formula is C31H33F2N3O3. The van der Waals surface area contributed by atoms with E-state index in [-0.39, 0.29) is 23.6 Å². The number of amides is 2. The monoisotopic (exact) mass is 533 g/mol. The summed E-state index contributed by atoms with van der Waals surface area (Å²) >= 11 is 0. The molecule has 0 saturated carbocycles. The number of benzene rings is 3. The number of ether oxygens (including phenoxy) is 1. The van der Waals surface area contributed by atoms with E-state index >= 15 is 0 Å². The second-order valence-corrected chi connectivity index (χ2v) is 10.3. The molecule has 0 aromatic heterocycles. The van der Waals surface area contributed by atoms with Gasteiger partial charge in [-0.2, -0.15) is 0 Å². The standard InChI is InChI=1S/C31H33F2N3O3/c1-2-25(36-16-14-31(15-17-36)27-18-24(33)12-13-28(27)35-30(38)39-31)19-26(22-8-10-23(32)11-9-22)29(37)34-20-21-6-4-3-5-7-21/h3-13,18,25-26H,2,14-17,19-20H2,1H3,(H,34,37)(H,35,38). The highest BCUT2D eigenvalue weighted by molar-refractivity contribution is 5.89. The Hall–Kier alpha value is -3.78. The van der Waals surface area contributed by atoms with Crippen molar-refractivity contribution in [2.45, 2.75) is 56.7 Å². The quantitative estimate of drug-likeness (QED) is 0.368. The van der Waals surface area contributed by atoms with Crippen LogP contribution in [0.4, 0.5) is 19.3 Å². The molecule has 0 radical (unpaired) electrons. The lowest BCUT2D eigenvalue weighted by Gasteiger charge is -2.46. The Bertz CT molecular complexity index is 1310. The highest BCUT2D eigenvalue weighted by atomic mass is 19.1. The maximum absolute atomic E-state index is 14.1. The van der Waals surface area contributed by atoms with Crippen molar-refractivity contribution < 1.29 is 23.1 Å². The fraction of sp³-hybridized carbons (Fsp3) is 0.355. The Morgan fingerprint density at radius 2 is 1.72 bits per heavy atom. The smallest absolute Gasteiger partial charge is 0.412 e. The van der Waals surface area contributed by atoms with Gasteiger partial charge in [0.05, 0.1) is 11.6 Å². The first kappa shape index (κ1) is 26.8. The predicted molar refractivity (Wildman–Crippen MR) is 145 cm³/mol. The molecule has 1 spiro atoms. The van der Waals surface area contributed by atoms with Crippen molar-refractivity contribution in [3.05, 3.63) is 101 Å². The van der Waals surface area contributed by atoms with Crippen LogP contribution in [0, 0.1) is 11.6 Å². The van der Waals surface area contributed by atoms with Gasteiger partial charge in [-0.3, -0.25) is 10.1 Å². The third kappa shape index (κ3) is 5.96. The summed E-state index contributed by atoms with van der Waals surface area (Å²) in [4.78, 5) is 28.1. The van der Waals surface area contributed by atoms with E-state index in [0.29, 0.717) is 50.1 Å². The van der Waals surface area contributed by atoms with E-state index in [1.54, 1.807) is 18.2 Å². The number of piperidine rings is 1. The lowest BCUT2D eigenvalue weighted by atomic mass is 9.81. The number of carbonyl (C=O) groups excluding carboxylic acids is 2. The summed E-state index contributed by atoms with van der Waals surface area (Å²) in [6.45, 7) is 3.76. The average Bonchev–Trinajstić information content (AvgIpc) is 2.95. The molecule has 3 aromatic rings. The van der Waals surface area contributed by atoms with Gasteiger partial charge in [0.2, 0.25) is 5.91 Å². The molecule has 2 heterocycles. The lowest BCUT2D eigenvalue weighted by molar-refractivity contribution is -0.123. The van der Waals surface area contributed by atoms with Crippen LogP contribution in [0.5, 0.6) is 0 Å². The van der Waals surface area contributed by atoms with Crippen LogP contribution < -0.4 is 10.6 Å². The molecule has 5 rings (SSSR count). The van der Waals surface area contributed by atoms with Crippen molar-refractivity contribution >= 4 is 17.7 Å². The number of fused-ring (bicyclic) bond motifs is 2. The minimum Gasteiger partial charge on any atom is -0.438 e. The highest BCUT2D eigenvalue weighted by Crippen LogP contribution is 2.44. The first-order valence-corrected chi connectivity index (χ1v) is 13.5. The normalized spacial score (nSPS) is 18.0. The topological polar surface area (TPSA) is 70.7 Å². The van der Waals surface area contributed by atoms with Gasteiger partial charge in [0, 0.05) is 44.1 Å². The third-order valence-electron chi connectivity index (χ3n) is 8.00. The minimum absolute atomic E-state index is 0.0734. The van der Waals surface area contributed by atoms with Crippen molar-refractivity contribution in [2.75, 3.05) is 18.4 Å². The van der Waals surface area contributed by atoms with Crippen molar-refractivity contribution in [3.63, 3.8) is 0 Å². The fourth-order valence-electron chi connectivity index (χ4n) is 5.84. The number of anilines is 1. The van der Waals surface area contributed by atoms with E-state index in [2.05, 4.69) is 22.5 Å². The van der Waals surface area contributed by atoms with Crippen LogP contribution >= 0.6 is 0 Å². The van der Waals surface area contributed by atoms with E-state index in [1.807, 2.05) is 30.3 Å². The van der Waals surface area contributed by atoms with Crippen LogP contribution in [-0.2, 0) is 21.7 Å². The maximum Gasteiger partial charge on any atom is 0.412 e. The molecular weight excluding hydrogens is 500 g/mol. The molecule has 2 atom stereocenters. The molecule has 6 nitrogen and oxygen atoms in total. The third-order valence-corrected chi connectivity index (χ3v) is 8.00. The van der Waals surface area contributed by atoms with Gasteiger partial charge < -0.3 is 15.0 Å². The van der Waals surface area contributed by atoms with E-state index in [1.165, 1.54) is 24.3 Å². The molecule has 1 fully saturated rings. The molecule has 204 valence electrons. The van der Waals surface area contributed by atoms with E-state index < -0.39 is 17.6 Å². The Kier molecular flexibility index (Phi) is 7.93. The van der Waals surface area contributed by atoms with Gasteiger partial charge in [0.25, 0.3) is 0 Å². The first-order valence-electron chi connectivity index (χ1n) is 13.5. The Morgan fingerprint density at radius 1 is 1.03 bits per heavy atom. The second-order valence-electron chi connectivity index (χ2n) is 10.3. The zero-order valence-corrected chi connectivity index (χ0v) is 22.0. The lowest BCUT2D eigenvalue weighted by Crippen LogP contribution is -2.51. The van der Waals surface area contributed by atoms with Crippen molar-refractivity contribution in [1.82, 2.24) is 10.2 Å². The largest absolute Gasteiger partial charge is 0.438 e. The summed E-state index contributed by atoms with van der Waals surface area (Å²) in [6, 6.07) is 20.3. The van der Waals surface area contributed by atoms with Gasteiger partial charge in [-0.05, 0) is 54.3 Å². The van der Waals surface area contributed by atoms with Crippen molar-refractivity contribution in [2.24, 2.45) is 0 Å². The molecule has 39 heavy (non-hydrogen) atoms. The summed E-state index contributed by atoms with van der Waals surface area (Å²) in [6.07, 6.45) is 1.89. The van der Waals surface area contributed by atoms with E-state index in [4.69, 9.17) is 4.74 Å². The Labute approximate surface area is 227 Å². The van der Waals surface area contributed by atoms with Gasteiger partial charge in [0.1, 0.15) is 17.2 Å². The SMILES string of the molecule is CCC(CC(C(=O)NCc1ccccc1)c1ccc(F)cc1)N1CCC2(CC1)OC(=O)Nc1ccc(F)cc12. The summed E-state index contributed by atoms with van der Waals surface area (Å²) in [5.74, 6) is -1.27. The number of hydrogen-bond acceptors (Lipinski definition) is 4. The molecule has 3 aromatic carbocycles. The Balaban J connectivity index is 1.31. The van der Waals surface area contributed by atoms with Crippen molar-refractivity contribution in [3.8, 4) is 0 Å². The van der Waals surface area contributed by atoms with Crippen LogP contribution in [-0.4, -0.2) is 36.0 Å². The number of rotatable bonds is 8. The summed E-state index contributed by atoms with van der Waals surface area (Å²) < 4.78 is 33.6. The molecule has 2 N–H and O–H groups in total. The second kappa shape index (κ2) is 11.5. The van der Waals surface area contributed by atoms with Crippen LogP contribution in [0.15, 0.2) is 72.8 Å². The summed E-state index contributed by atoms with van der Waals surface area (Å²) in [7, 11) is 0. The summed E-state index contributed by atoms with van der Waals surface area (Å²) in [5, 5.41) is 5.74. The van der Waals surface area contributed by atoms with Gasteiger partial charge in [0.15, 0.2) is 0 Å². The van der Waals surface area contributed by atoms with Gasteiger partial charge in [-0.25, -0.2) is 13.6 Å². The van der Waals surface area contributed by atoms with Gasteiger partial charge in [-0.15, -0.1) is 0 Å². The number of carbonyl (C=O) groups is 2. The minimum atomic E-state index is -0.877. The molecule has 2 aliphatic heterocycles. The van der Waals surface area contributed by atoms with E-state index in [9.17, 15) is 18.4 Å². The predicted octanol–water partition coefficient (Wildman–Crippen LogP) is 6.09. The average molecular weight is 534 g/mol. The van der Waals surface area contributed by atoms with Crippen LogP contribution in [0.3, 0.4) is 0 Å². The first-order chi connectivity index (χ1) is 18.9. The number of nitrogens with one attached hydrogen (secondary N) is 2. The number of halogens is 2. The van der Waals surface area contributed by atoms with Crippen molar-refractivity contribution in [1.29, 1.82) is 0 Å². The number of hydrogen-bond donors (Lipinski definition) is 2. The molecule has 2 aliphatic rings. The van der Waals surface area contributed by atoms with Crippen LogP contribution in [0.1, 0.15) is 55.2 Å². The van der Waals surface area contributed by atoms with Crippen LogP contribution in [0.25, 0.3) is 0 Å². The molecule has 0 bridgehead atoms. The summed E-state index contributed by atoms with van der Waals surface area (Å²) in [5.41, 5.74) is 2.15. The number of nitrogens with zero attached hydrogens (tertiary/aromatic N) is 1. The Morgan fingerprint density at radius 3 is 2.41 bits per heavy atom. The van der Waals surface area contributed by atoms with Crippen LogP contribution in [0.2, 0.25) is 0 Å². The zero-order chi connectivity index (χ0) is 27.4. The maximum atomic E-state index is 14.1. The zero-order valence-electron chi connectivity index (χ0n) is 22.0. The molecule has 1 saturated heterocycles. The van der Waals surface area contributed by atoms with Gasteiger partial charge >= 0.3 is 6.09 Å². The molecule has 2 amide bonds. The molecule has 2 unspecified atom stereocenters. The molecule has 8 heteroatoms. The van der Waals surface area contributed by atoms with Gasteiger partial charge in [-0.1, -0.05) is 49.4 Å². The highest BCUT2D eigenvalue weighted by Gasteiger charge is 2.45. The fourth-order valence-corrected chi connectivity index (χ4v) is 5.84. The number of likely N-dealkylation sites (tertiary alicyclic amines) is 1. The molecule has 0 aliphatic carbocycles.